The lowest BCUT2D eigenvalue weighted by Gasteiger charge is -2.60. The van der Waals surface area contributed by atoms with Crippen LogP contribution < -0.4 is 9.64 Å². The van der Waals surface area contributed by atoms with Crippen molar-refractivity contribution in [3.63, 3.8) is 0 Å². The number of nitrogens with zero attached hydrogens (tertiary/aromatic N) is 6. The van der Waals surface area contributed by atoms with Gasteiger partial charge in [0.1, 0.15) is 29.4 Å². The number of hydrogen-bond acceptors (Lipinski definition) is 7. The number of nitrogens with one attached hydrogen (secondary N) is 1. The topological polar surface area (TPSA) is 94.0 Å². The summed E-state index contributed by atoms with van der Waals surface area (Å²) in [5.74, 6) is 1.09. The normalized spacial score (nSPS) is 17.4. The SMILES string of the molecule is C[C@@H](Oc1ccc2[nH]nc(-c3cnc(N4CC5(CN(CC(F)(F)F)C5)C4)c(C#N)c3)c2c1)c1c(Cl)cncc1Cl. The molecular weight excluding hydrogens is 566 g/mol. The van der Waals surface area contributed by atoms with Crippen LogP contribution in [0, 0.1) is 16.7 Å². The van der Waals surface area contributed by atoms with Crippen LogP contribution in [0.1, 0.15) is 24.2 Å². The van der Waals surface area contributed by atoms with E-state index in [0.29, 0.717) is 70.2 Å². The van der Waals surface area contributed by atoms with E-state index in [1.165, 1.54) is 17.3 Å². The molecule has 0 radical (unpaired) electrons. The second-order valence-electron chi connectivity index (χ2n) is 10.4. The molecule has 6 rings (SSSR count). The van der Waals surface area contributed by atoms with Crippen molar-refractivity contribution in [2.24, 2.45) is 5.41 Å². The summed E-state index contributed by atoms with van der Waals surface area (Å²) >= 11 is 12.6. The smallest absolute Gasteiger partial charge is 0.401 e. The number of aromatic amines is 1. The average molecular weight is 588 g/mol. The van der Waals surface area contributed by atoms with E-state index in [0.717, 1.165) is 10.9 Å². The lowest BCUT2D eigenvalue weighted by molar-refractivity contribution is -0.172. The van der Waals surface area contributed by atoms with Crippen LogP contribution in [0.3, 0.4) is 0 Å². The number of rotatable bonds is 6. The predicted octanol–water partition coefficient (Wildman–Crippen LogP) is 6.02. The first-order valence-corrected chi connectivity index (χ1v) is 13.2. The Morgan fingerprint density at radius 3 is 2.52 bits per heavy atom. The van der Waals surface area contributed by atoms with Crippen molar-refractivity contribution in [1.29, 1.82) is 5.26 Å². The van der Waals surface area contributed by atoms with Crippen LogP contribution in [0.4, 0.5) is 19.0 Å². The van der Waals surface area contributed by atoms with Crippen LogP contribution >= 0.6 is 23.2 Å². The van der Waals surface area contributed by atoms with E-state index in [4.69, 9.17) is 27.9 Å². The third kappa shape index (κ3) is 4.91. The fraction of sp³-hybridized carbons (Fsp3) is 0.333. The van der Waals surface area contributed by atoms with E-state index < -0.39 is 18.8 Å². The van der Waals surface area contributed by atoms with Crippen LogP contribution in [0.25, 0.3) is 22.2 Å². The van der Waals surface area contributed by atoms with Gasteiger partial charge in [-0.15, -0.1) is 0 Å². The van der Waals surface area contributed by atoms with E-state index in [2.05, 4.69) is 26.2 Å². The van der Waals surface area contributed by atoms with Gasteiger partial charge in [-0.3, -0.25) is 15.0 Å². The zero-order valence-electron chi connectivity index (χ0n) is 21.1. The number of benzene rings is 1. The Kier molecular flexibility index (Phi) is 6.52. The molecule has 2 aliphatic rings. The van der Waals surface area contributed by atoms with Gasteiger partial charge in [-0.05, 0) is 31.2 Å². The molecule has 5 heterocycles. The summed E-state index contributed by atoms with van der Waals surface area (Å²) in [5.41, 5.74) is 2.85. The second kappa shape index (κ2) is 9.80. The minimum atomic E-state index is -4.20. The van der Waals surface area contributed by atoms with Crippen LogP contribution in [0.15, 0.2) is 42.9 Å². The number of aromatic nitrogens is 4. The molecule has 13 heteroatoms. The zero-order valence-corrected chi connectivity index (χ0v) is 22.6. The first-order valence-electron chi connectivity index (χ1n) is 12.4. The Morgan fingerprint density at radius 1 is 1.12 bits per heavy atom. The number of halogens is 5. The predicted molar refractivity (Wildman–Crippen MR) is 144 cm³/mol. The summed E-state index contributed by atoms with van der Waals surface area (Å²) in [6, 6.07) is 9.43. The first kappa shape index (κ1) is 26.6. The van der Waals surface area contributed by atoms with Crippen LogP contribution in [-0.2, 0) is 0 Å². The number of pyridine rings is 2. The van der Waals surface area contributed by atoms with Gasteiger partial charge in [0.2, 0.25) is 0 Å². The molecule has 0 saturated carbocycles. The Bertz CT molecular complexity index is 1620. The molecule has 0 amide bonds. The van der Waals surface area contributed by atoms with E-state index in [1.807, 2.05) is 30.0 Å². The third-order valence-electron chi connectivity index (χ3n) is 7.28. The Labute approximate surface area is 237 Å². The molecule has 40 heavy (non-hydrogen) atoms. The number of alkyl halides is 3. The number of hydrogen-bond donors (Lipinski definition) is 1. The summed E-state index contributed by atoms with van der Waals surface area (Å²) in [6.07, 6.45) is 0.0355. The minimum Gasteiger partial charge on any atom is -0.486 e. The minimum absolute atomic E-state index is 0.172. The maximum absolute atomic E-state index is 12.6. The van der Waals surface area contributed by atoms with Gasteiger partial charge < -0.3 is 9.64 Å². The number of H-pyrrole nitrogens is 1. The highest BCUT2D eigenvalue weighted by atomic mass is 35.5. The summed E-state index contributed by atoms with van der Waals surface area (Å²) < 4.78 is 44.1. The molecule has 1 aromatic carbocycles. The largest absolute Gasteiger partial charge is 0.486 e. The lowest BCUT2D eigenvalue weighted by Crippen LogP contribution is -2.73. The lowest BCUT2D eigenvalue weighted by atomic mass is 9.72. The molecule has 4 aromatic rings. The molecule has 1 N–H and O–H groups in total. The number of anilines is 1. The summed E-state index contributed by atoms with van der Waals surface area (Å²) in [6.45, 7) is 2.87. The number of fused-ring (bicyclic) bond motifs is 1. The molecule has 2 saturated heterocycles. The van der Waals surface area contributed by atoms with Gasteiger partial charge in [0.05, 0.1) is 27.7 Å². The summed E-state index contributed by atoms with van der Waals surface area (Å²) in [5, 5.41) is 18.9. The van der Waals surface area contributed by atoms with Gasteiger partial charge in [0, 0.05) is 66.7 Å². The monoisotopic (exact) mass is 587 g/mol. The summed E-state index contributed by atoms with van der Waals surface area (Å²) in [7, 11) is 0. The highest BCUT2D eigenvalue weighted by Crippen LogP contribution is 2.43. The van der Waals surface area contributed by atoms with Crippen molar-refractivity contribution in [2.45, 2.75) is 19.2 Å². The van der Waals surface area contributed by atoms with Crippen molar-refractivity contribution in [3.8, 4) is 23.1 Å². The number of likely N-dealkylation sites (tertiary alicyclic amines) is 1. The standard InChI is InChI=1S/C27H22Cl2F3N7O/c1-15(23-20(28)8-34-9-21(23)29)40-18-2-3-22-19(5-18)24(37-36-22)17-4-16(6-33)25(35-7-17)39-12-26(13-39)10-38(11-26)14-27(30,31)32/h2-5,7-9,15H,10-14H2,1H3,(H,36,37)/t15-/m1/s1. The van der Waals surface area contributed by atoms with Crippen LogP contribution in [0.5, 0.6) is 5.75 Å². The van der Waals surface area contributed by atoms with Gasteiger partial charge >= 0.3 is 6.18 Å². The Balaban J connectivity index is 1.20. The Morgan fingerprint density at radius 2 is 1.85 bits per heavy atom. The van der Waals surface area contributed by atoms with Crippen molar-refractivity contribution >= 4 is 39.9 Å². The first-order chi connectivity index (χ1) is 19.0. The van der Waals surface area contributed by atoms with Gasteiger partial charge in [-0.1, -0.05) is 23.2 Å². The highest BCUT2D eigenvalue weighted by Gasteiger charge is 2.54. The maximum Gasteiger partial charge on any atom is 0.401 e. The van der Waals surface area contributed by atoms with E-state index >= 15 is 0 Å². The quantitative estimate of drug-likeness (QED) is 0.294. The molecule has 0 bridgehead atoms. The Hall–Kier alpha value is -3.59. The second-order valence-corrected chi connectivity index (χ2v) is 11.2. The van der Waals surface area contributed by atoms with Crippen LogP contribution in [-0.4, -0.2) is 64.0 Å². The van der Waals surface area contributed by atoms with Crippen molar-refractivity contribution in [1.82, 2.24) is 25.1 Å². The molecule has 206 valence electrons. The van der Waals surface area contributed by atoms with Crippen molar-refractivity contribution in [2.75, 3.05) is 37.6 Å². The fourth-order valence-corrected chi connectivity index (χ4v) is 6.33. The van der Waals surface area contributed by atoms with Gasteiger partial charge in [-0.2, -0.15) is 23.5 Å². The number of nitriles is 1. The third-order valence-corrected chi connectivity index (χ3v) is 7.88. The van der Waals surface area contributed by atoms with E-state index in [9.17, 15) is 18.4 Å². The molecule has 0 unspecified atom stereocenters. The molecule has 1 atom stereocenters. The maximum atomic E-state index is 12.6. The molecule has 8 nitrogen and oxygen atoms in total. The van der Waals surface area contributed by atoms with Crippen molar-refractivity contribution in [3.05, 3.63) is 64.0 Å². The van der Waals surface area contributed by atoms with Crippen LogP contribution in [0.2, 0.25) is 10.0 Å². The molecular formula is C27H22Cl2F3N7O. The molecule has 1 spiro atoms. The van der Waals surface area contributed by atoms with Gasteiger partial charge in [0.25, 0.3) is 0 Å². The summed E-state index contributed by atoms with van der Waals surface area (Å²) in [4.78, 5) is 11.9. The fourth-order valence-electron chi connectivity index (χ4n) is 5.66. The molecule has 2 aliphatic heterocycles. The van der Waals surface area contributed by atoms with Gasteiger partial charge in [-0.25, -0.2) is 4.98 Å². The van der Waals surface area contributed by atoms with E-state index in [1.54, 1.807) is 12.3 Å². The molecule has 2 fully saturated rings. The number of ether oxygens (including phenoxy) is 1. The van der Waals surface area contributed by atoms with Crippen molar-refractivity contribution < 1.29 is 17.9 Å². The average Bonchev–Trinajstić information content (AvgIpc) is 3.27. The molecule has 3 aromatic heterocycles. The van der Waals surface area contributed by atoms with E-state index in [-0.39, 0.29) is 5.41 Å². The van der Waals surface area contributed by atoms with Gasteiger partial charge in [0.15, 0.2) is 0 Å². The molecule has 0 aliphatic carbocycles. The highest BCUT2D eigenvalue weighted by molar-refractivity contribution is 6.35. The zero-order chi connectivity index (χ0) is 28.2.